The lowest BCUT2D eigenvalue weighted by Gasteiger charge is -2.37. The van der Waals surface area contributed by atoms with Crippen LogP contribution in [0.1, 0.15) is 67.4 Å². The van der Waals surface area contributed by atoms with Gasteiger partial charge in [-0.1, -0.05) is 43.7 Å². The molecule has 3 atom stereocenters. The third-order valence-electron chi connectivity index (χ3n) is 7.88. The van der Waals surface area contributed by atoms with Gasteiger partial charge in [0.05, 0.1) is 12.2 Å². The molecule has 4 rings (SSSR count). The maximum atomic E-state index is 13.7. The van der Waals surface area contributed by atoms with Crippen molar-refractivity contribution in [1.29, 1.82) is 0 Å². The van der Waals surface area contributed by atoms with Gasteiger partial charge in [0, 0.05) is 43.6 Å². The Morgan fingerprint density at radius 1 is 1.20 bits per heavy atom. The predicted octanol–water partition coefficient (Wildman–Crippen LogP) is 4.22. The van der Waals surface area contributed by atoms with Gasteiger partial charge in [-0.3, -0.25) is 4.90 Å². The van der Waals surface area contributed by atoms with E-state index in [0.717, 1.165) is 12.0 Å². The minimum atomic E-state index is -3.92. The molecule has 1 aliphatic heterocycles. The van der Waals surface area contributed by atoms with E-state index in [0.29, 0.717) is 24.6 Å². The molecule has 0 spiro atoms. The van der Waals surface area contributed by atoms with Crippen molar-refractivity contribution in [2.45, 2.75) is 69.5 Å². The molecule has 0 amide bonds. The summed E-state index contributed by atoms with van der Waals surface area (Å²) in [6.45, 7) is 4.54. The summed E-state index contributed by atoms with van der Waals surface area (Å²) >= 11 is 0. The highest BCUT2D eigenvalue weighted by atomic mass is 32.2. The Kier molecular flexibility index (Phi) is 9.90. The summed E-state index contributed by atoms with van der Waals surface area (Å²) in [6.07, 6.45) is 5.43. The molecule has 2 aliphatic rings. The highest BCUT2D eigenvalue weighted by Gasteiger charge is 2.38. The zero-order valence-corrected chi connectivity index (χ0v) is 24.4. The Bertz CT molecular complexity index is 1360. The van der Waals surface area contributed by atoms with Gasteiger partial charge >= 0.3 is 5.97 Å². The molecule has 0 saturated heterocycles. The van der Waals surface area contributed by atoms with Gasteiger partial charge in [0.2, 0.25) is 10.0 Å². The summed E-state index contributed by atoms with van der Waals surface area (Å²) in [4.78, 5) is 13.5. The first kappa shape index (κ1) is 30.1. The van der Waals surface area contributed by atoms with Crippen LogP contribution < -0.4 is 4.74 Å². The summed E-state index contributed by atoms with van der Waals surface area (Å²) in [5, 5.41) is 19.2. The molecule has 40 heavy (non-hydrogen) atoms. The van der Waals surface area contributed by atoms with E-state index in [1.54, 1.807) is 43.3 Å². The Labute approximate surface area is 238 Å². The van der Waals surface area contributed by atoms with E-state index in [2.05, 4.69) is 11.8 Å². The van der Waals surface area contributed by atoms with Crippen LogP contribution in [0.15, 0.2) is 47.4 Å². The summed E-state index contributed by atoms with van der Waals surface area (Å²) < 4.78 is 35.3. The second-order valence-electron chi connectivity index (χ2n) is 11.3. The van der Waals surface area contributed by atoms with Crippen molar-refractivity contribution in [1.82, 2.24) is 9.21 Å². The summed E-state index contributed by atoms with van der Waals surface area (Å²) in [7, 11) is -1.99. The topological polar surface area (TPSA) is 107 Å². The minimum absolute atomic E-state index is 0.0721. The number of carbonyl (C=O) groups is 1. The predicted molar refractivity (Wildman–Crippen MR) is 154 cm³/mol. The fourth-order valence-corrected chi connectivity index (χ4v) is 7.35. The average molecular weight is 569 g/mol. The van der Waals surface area contributed by atoms with Crippen LogP contribution in [-0.4, -0.2) is 72.7 Å². The molecular formula is C31H40N2O6S. The number of ether oxygens (including phenoxy) is 1. The highest BCUT2D eigenvalue weighted by Crippen LogP contribution is 2.34. The van der Waals surface area contributed by atoms with Crippen LogP contribution in [0.25, 0.3) is 0 Å². The van der Waals surface area contributed by atoms with Crippen molar-refractivity contribution >= 4 is 16.0 Å². The van der Waals surface area contributed by atoms with Crippen molar-refractivity contribution in [2.24, 2.45) is 11.8 Å². The van der Waals surface area contributed by atoms with E-state index < -0.39 is 22.0 Å². The number of carboxylic acid groups (broad SMARTS) is 1. The van der Waals surface area contributed by atoms with Crippen molar-refractivity contribution in [3.8, 4) is 17.6 Å². The molecule has 2 aromatic rings. The van der Waals surface area contributed by atoms with Gasteiger partial charge in [-0.05, 0) is 68.6 Å². The van der Waals surface area contributed by atoms with E-state index in [1.807, 2.05) is 24.9 Å². The van der Waals surface area contributed by atoms with Crippen LogP contribution in [0, 0.1) is 23.7 Å². The number of hydrogen-bond donors (Lipinski definition) is 2. The average Bonchev–Trinajstić information content (AvgIpc) is 3.44. The summed E-state index contributed by atoms with van der Waals surface area (Å²) in [5.41, 5.74) is 1.80. The molecule has 0 unspecified atom stereocenters. The summed E-state index contributed by atoms with van der Waals surface area (Å²) in [5.74, 6) is 6.22. The molecule has 0 aromatic heterocycles. The molecule has 0 radical (unpaired) electrons. The maximum absolute atomic E-state index is 13.7. The number of carboxylic acids is 1. The number of aliphatic hydroxyl groups excluding tert-OH is 1. The molecular weight excluding hydrogens is 528 g/mol. The smallest absolute Gasteiger partial charge is 0.335 e. The molecule has 2 N–H and O–H groups in total. The molecule has 1 heterocycles. The second-order valence-corrected chi connectivity index (χ2v) is 13.1. The first-order valence-corrected chi connectivity index (χ1v) is 15.5. The number of benzene rings is 2. The zero-order valence-electron chi connectivity index (χ0n) is 23.5. The van der Waals surface area contributed by atoms with Gasteiger partial charge in [-0.2, -0.15) is 4.31 Å². The van der Waals surface area contributed by atoms with E-state index in [1.165, 1.54) is 30.0 Å². The fourth-order valence-electron chi connectivity index (χ4n) is 5.52. The van der Waals surface area contributed by atoms with Gasteiger partial charge in [-0.25, -0.2) is 13.2 Å². The lowest BCUT2D eigenvalue weighted by atomic mass is 10.0. The number of aromatic carboxylic acids is 1. The number of sulfonamides is 1. The molecule has 9 heteroatoms. The number of aliphatic hydroxyl groups is 1. The third kappa shape index (κ3) is 7.24. The monoisotopic (exact) mass is 568 g/mol. The van der Waals surface area contributed by atoms with Crippen LogP contribution in [0.4, 0.5) is 0 Å². The number of likely N-dealkylation sites (N-methyl/N-ethyl adjacent to an activating group) is 1. The second kappa shape index (κ2) is 13.2. The normalized spacial score (nSPS) is 21.9. The van der Waals surface area contributed by atoms with E-state index in [9.17, 15) is 23.4 Å². The highest BCUT2D eigenvalue weighted by molar-refractivity contribution is 7.89. The van der Waals surface area contributed by atoms with Crippen molar-refractivity contribution in [2.75, 3.05) is 26.7 Å². The lowest BCUT2D eigenvalue weighted by Crippen LogP contribution is -2.49. The van der Waals surface area contributed by atoms with Crippen LogP contribution in [-0.2, 0) is 16.6 Å². The zero-order chi connectivity index (χ0) is 28.9. The Balaban J connectivity index is 1.62. The Hall–Kier alpha value is -2.90. The fraction of sp³-hybridized carbons (Fsp3) is 0.516. The SMILES string of the molecule is C[C@@H]1CN([C@@H](C)CO)S(=O)(=O)c2ccc(C#CCC3CCCC3)cc2O[C@H]1CN(C)Cc1cccc(C(=O)O)c1. The minimum Gasteiger partial charge on any atom is -0.487 e. The Morgan fingerprint density at radius 2 is 1.95 bits per heavy atom. The van der Waals surface area contributed by atoms with Gasteiger partial charge in [-0.15, -0.1) is 0 Å². The van der Waals surface area contributed by atoms with Crippen LogP contribution >= 0.6 is 0 Å². The first-order chi connectivity index (χ1) is 19.1. The molecule has 216 valence electrons. The largest absolute Gasteiger partial charge is 0.487 e. The van der Waals surface area contributed by atoms with E-state index in [-0.39, 0.29) is 41.4 Å². The molecule has 8 nitrogen and oxygen atoms in total. The molecule has 0 bridgehead atoms. The van der Waals surface area contributed by atoms with Gasteiger partial charge < -0.3 is 14.9 Å². The molecule has 1 fully saturated rings. The lowest BCUT2D eigenvalue weighted by molar-refractivity contribution is 0.0693. The standard InChI is InChI=1S/C31H40N2O6S/c1-22-18-33(23(2)21-34)40(37,38)30-15-14-25(11-6-10-24-8-4-5-9-24)17-28(30)39-29(22)20-32(3)19-26-12-7-13-27(16-26)31(35)36/h7,12-17,22-24,29,34H,4-5,8-10,18-21H2,1-3H3,(H,35,36)/t22-,23+,29+/m1/s1. The number of rotatable bonds is 8. The Morgan fingerprint density at radius 3 is 2.65 bits per heavy atom. The first-order valence-electron chi connectivity index (χ1n) is 14.0. The van der Waals surface area contributed by atoms with Crippen LogP contribution in [0.2, 0.25) is 0 Å². The third-order valence-corrected chi connectivity index (χ3v) is 9.90. The van der Waals surface area contributed by atoms with E-state index >= 15 is 0 Å². The van der Waals surface area contributed by atoms with Crippen molar-refractivity contribution in [3.05, 3.63) is 59.2 Å². The number of hydrogen-bond acceptors (Lipinski definition) is 6. The quantitative estimate of drug-likeness (QED) is 0.459. The van der Waals surface area contributed by atoms with Crippen LogP contribution in [0.5, 0.6) is 5.75 Å². The van der Waals surface area contributed by atoms with Crippen molar-refractivity contribution in [3.63, 3.8) is 0 Å². The molecule has 1 aliphatic carbocycles. The van der Waals surface area contributed by atoms with Gasteiger partial charge in [0.1, 0.15) is 16.7 Å². The maximum Gasteiger partial charge on any atom is 0.335 e. The van der Waals surface area contributed by atoms with Gasteiger partial charge in [0.25, 0.3) is 0 Å². The number of nitrogens with zero attached hydrogens (tertiary/aromatic N) is 2. The molecule has 2 aromatic carbocycles. The summed E-state index contributed by atoms with van der Waals surface area (Å²) in [6, 6.07) is 11.2. The van der Waals surface area contributed by atoms with Crippen LogP contribution in [0.3, 0.4) is 0 Å². The number of fused-ring (bicyclic) bond motifs is 1. The van der Waals surface area contributed by atoms with Gasteiger partial charge in [0.15, 0.2) is 0 Å². The van der Waals surface area contributed by atoms with E-state index in [4.69, 9.17) is 4.74 Å². The van der Waals surface area contributed by atoms with Crippen molar-refractivity contribution < 1.29 is 28.2 Å². The molecule has 1 saturated carbocycles.